The van der Waals surface area contributed by atoms with Crippen molar-refractivity contribution in [2.45, 2.75) is 6.92 Å². The maximum absolute atomic E-state index is 13.4. The average molecular weight is 700 g/mol. The first-order chi connectivity index (χ1) is 19.2. The van der Waals surface area contributed by atoms with Gasteiger partial charge in [-0.2, -0.15) is 5.10 Å². The SMILES string of the molecule is Cc1cccc(C(=O)Oc2c(Br)cc(Br)cc2C=NNC(=O)c2[nH]c3c(Cl)cccc3c2-c2ccccc2Cl)c1. The molecule has 2 N–H and O–H groups in total. The number of aryl methyl sites for hydroxylation is 1. The fraction of sp³-hybridized carbons (Fsp3) is 0.0333. The molecule has 1 aromatic heterocycles. The van der Waals surface area contributed by atoms with Crippen molar-refractivity contribution >= 4 is 84.1 Å². The zero-order valence-electron chi connectivity index (χ0n) is 20.8. The monoisotopic (exact) mass is 697 g/mol. The second-order valence-electron chi connectivity index (χ2n) is 8.78. The van der Waals surface area contributed by atoms with Crippen molar-refractivity contribution in [3.63, 3.8) is 0 Å². The van der Waals surface area contributed by atoms with Crippen molar-refractivity contribution in [2.24, 2.45) is 5.10 Å². The largest absolute Gasteiger partial charge is 0.421 e. The molecule has 0 aliphatic heterocycles. The van der Waals surface area contributed by atoms with Crippen LogP contribution in [0.4, 0.5) is 0 Å². The molecule has 0 fully saturated rings. The number of esters is 1. The topological polar surface area (TPSA) is 83.5 Å². The molecule has 6 nitrogen and oxygen atoms in total. The fourth-order valence-corrected chi connectivity index (χ4v) is 6.01. The van der Waals surface area contributed by atoms with E-state index in [1.54, 1.807) is 42.5 Å². The third-order valence-corrected chi connectivity index (χ3v) is 7.70. The second-order valence-corrected chi connectivity index (χ2v) is 11.4. The standard InChI is InChI=1S/C30H19Br2Cl2N3O3/c1-16-6-4-7-17(12-16)30(39)40-28-18(13-19(31)14-22(28)32)15-35-37-29(38)27-25(20-8-2-3-10-23(20)33)21-9-5-11-24(34)26(21)36-27/h2-15,36H,1H3,(H,37,38). The van der Waals surface area contributed by atoms with Crippen LogP contribution in [0.2, 0.25) is 10.0 Å². The van der Waals surface area contributed by atoms with Crippen molar-refractivity contribution in [3.05, 3.63) is 120 Å². The predicted octanol–water partition coefficient (Wildman–Crippen LogP) is 8.96. The summed E-state index contributed by atoms with van der Waals surface area (Å²) < 4.78 is 6.96. The second kappa shape index (κ2) is 12.0. The van der Waals surface area contributed by atoms with Crippen molar-refractivity contribution in [1.82, 2.24) is 10.4 Å². The number of hydrogen-bond donors (Lipinski definition) is 2. The molecule has 0 bridgehead atoms. The van der Waals surface area contributed by atoms with Crippen molar-refractivity contribution in [1.29, 1.82) is 0 Å². The molecule has 0 aliphatic carbocycles. The first-order valence-electron chi connectivity index (χ1n) is 11.9. The number of nitrogens with zero attached hydrogens (tertiary/aromatic N) is 1. The first kappa shape index (κ1) is 28.1. The van der Waals surface area contributed by atoms with Gasteiger partial charge >= 0.3 is 5.97 Å². The molecule has 200 valence electrons. The van der Waals surface area contributed by atoms with E-state index in [9.17, 15) is 9.59 Å². The number of carbonyl (C=O) groups excluding carboxylic acids is 2. The molecule has 0 unspecified atom stereocenters. The zero-order valence-corrected chi connectivity index (χ0v) is 25.5. The third kappa shape index (κ3) is 5.86. The van der Waals surface area contributed by atoms with E-state index in [1.165, 1.54) is 6.21 Å². The molecule has 0 saturated carbocycles. The van der Waals surface area contributed by atoms with E-state index in [1.807, 2.05) is 43.3 Å². The Labute approximate surface area is 256 Å². The number of hydrazone groups is 1. The minimum absolute atomic E-state index is 0.245. The molecule has 1 amide bonds. The van der Waals surface area contributed by atoms with Crippen molar-refractivity contribution < 1.29 is 14.3 Å². The van der Waals surface area contributed by atoms with Gasteiger partial charge in [-0.05, 0) is 59.3 Å². The summed E-state index contributed by atoms with van der Waals surface area (Å²) in [5.74, 6) is -0.780. The van der Waals surface area contributed by atoms with Crippen LogP contribution in [0.5, 0.6) is 5.75 Å². The van der Waals surface area contributed by atoms with E-state index in [0.29, 0.717) is 46.8 Å². The van der Waals surface area contributed by atoms with E-state index in [2.05, 4.69) is 47.4 Å². The lowest BCUT2D eigenvalue weighted by Crippen LogP contribution is -2.19. The number of aromatic nitrogens is 1. The maximum atomic E-state index is 13.4. The van der Waals surface area contributed by atoms with Crippen molar-refractivity contribution in [2.75, 3.05) is 0 Å². The van der Waals surface area contributed by atoms with Crippen LogP contribution in [0, 0.1) is 6.92 Å². The molecule has 5 aromatic rings. The van der Waals surface area contributed by atoms with E-state index < -0.39 is 11.9 Å². The number of fused-ring (bicyclic) bond motifs is 1. The van der Waals surface area contributed by atoms with Crippen LogP contribution < -0.4 is 10.2 Å². The Balaban J connectivity index is 1.46. The highest BCUT2D eigenvalue weighted by Gasteiger charge is 2.22. The summed E-state index contributed by atoms with van der Waals surface area (Å²) in [7, 11) is 0. The highest BCUT2D eigenvalue weighted by atomic mass is 79.9. The van der Waals surface area contributed by atoms with Gasteiger partial charge in [-0.15, -0.1) is 0 Å². The Morgan fingerprint density at radius 3 is 2.48 bits per heavy atom. The Kier molecular flexibility index (Phi) is 8.42. The van der Waals surface area contributed by atoms with Crippen LogP contribution in [0.15, 0.2) is 92.9 Å². The van der Waals surface area contributed by atoms with Crippen LogP contribution >= 0.6 is 55.1 Å². The molecule has 0 spiro atoms. The highest BCUT2D eigenvalue weighted by Crippen LogP contribution is 2.38. The van der Waals surface area contributed by atoms with Gasteiger partial charge < -0.3 is 9.72 Å². The Morgan fingerprint density at radius 1 is 0.950 bits per heavy atom. The molecule has 4 aromatic carbocycles. The maximum Gasteiger partial charge on any atom is 0.343 e. The van der Waals surface area contributed by atoms with Crippen molar-refractivity contribution in [3.8, 4) is 16.9 Å². The minimum Gasteiger partial charge on any atom is -0.421 e. The van der Waals surface area contributed by atoms with Gasteiger partial charge in [0.15, 0.2) is 5.75 Å². The molecule has 10 heteroatoms. The molecule has 0 atom stereocenters. The van der Waals surface area contributed by atoms with Gasteiger partial charge in [0.1, 0.15) is 5.69 Å². The van der Waals surface area contributed by atoms with Crippen LogP contribution in [0.3, 0.4) is 0 Å². The number of halogens is 4. The quantitative estimate of drug-likeness (QED) is 0.0804. The fourth-order valence-electron chi connectivity index (χ4n) is 4.22. The number of benzene rings is 4. The lowest BCUT2D eigenvalue weighted by Gasteiger charge is -2.11. The smallest absolute Gasteiger partial charge is 0.343 e. The molecule has 0 radical (unpaired) electrons. The molecule has 1 heterocycles. The van der Waals surface area contributed by atoms with Gasteiger partial charge in [0, 0.05) is 31.6 Å². The van der Waals surface area contributed by atoms with Gasteiger partial charge in [0.25, 0.3) is 5.91 Å². The average Bonchev–Trinajstić information content (AvgIpc) is 3.31. The molecule has 0 saturated heterocycles. The summed E-state index contributed by atoms with van der Waals surface area (Å²) in [6.07, 6.45) is 1.40. The van der Waals surface area contributed by atoms with Gasteiger partial charge in [0.2, 0.25) is 0 Å². The van der Waals surface area contributed by atoms with E-state index in [4.69, 9.17) is 27.9 Å². The number of hydrogen-bond acceptors (Lipinski definition) is 4. The number of H-pyrrole nitrogens is 1. The van der Waals surface area contributed by atoms with E-state index in [0.717, 1.165) is 10.9 Å². The highest BCUT2D eigenvalue weighted by molar-refractivity contribution is 9.11. The normalized spacial score (nSPS) is 11.2. The summed E-state index contributed by atoms with van der Waals surface area (Å²) in [5.41, 5.74) is 6.49. The van der Waals surface area contributed by atoms with Crippen LogP contribution in [0.25, 0.3) is 22.0 Å². The van der Waals surface area contributed by atoms with Gasteiger partial charge in [-0.3, -0.25) is 4.79 Å². The first-order valence-corrected chi connectivity index (χ1v) is 14.2. The Morgan fingerprint density at radius 2 is 1.70 bits per heavy atom. The lowest BCUT2D eigenvalue weighted by molar-refractivity contribution is 0.0732. The number of para-hydroxylation sites is 1. The molecule has 5 rings (SSSR count). The summed E-state index contributed by atoms with van der Waals surface area (Å²) in [4.78, 5) is 29.4. The molecular formula is C30H19Br2Cl2N3O3. The molecular weight excluding hydrogens is 681 g/mol. The Bertz CT molecular complexity index is 1820. The number of aromatic amines is 1. The molecule has 0 aliphatic rings. The summed E-state index contributed by atoms with van der Waals surface area (Å²) in [5, 5.41) is 5.86. The summed E-state index contributed by atoms with van der Waals surface area (Å²) in [6.45, 7) is 1.89. The van der Waals surface area contributed by atoms with Gasteiger partial charge in [0.05, 0.1) is 26.8 Å². The van der Waals surface area contributed by atoms with Gasteiger partial charge in [-0.25, -0.2) is 10.2 Å². The van der Waals surface area contributed by atoms with Crippen LogP contribution in [0.1, 0.15) is 32.0 Å². The van der Waals surface area contributed by atoms with E-state index in [-0.39, 0.29) is 11.4 Å². The molecule has 40 heavy (non-hydrogen) atoms. The van der Waals surface area contributed by atoms with Crippen LogP contribution in [-0.2, 0) is 0 Å². The van der Waals surface area contributed by atoms with E-state index >= 15 is 0 Å². The number of ether oxygens (including phenoxy) is 1. The number of rotatable bonds is 6. The number of carbonyl (C=O) groups is 2. The zero-order chi connectivity index (χ0) is 28.4. The number of amides is 1. The lowest BCUT2D eigenvalue weighted by atomic mass is 10.0. The van der Waals surface area contributed by atoms with Gasteiger partial charge in [-0.1, -0.05) is 87.2 Å². The summed E-state index contributed by atoms with van der Waals surface area (Å²) in [6, 6.07) is 23.2. The van der Waals surface area contributed by atoms with Crippen LogP contribution in [-0.4, -0.2) is 23.1 Å². The third-order valence-electron chi connectivity index (χ3n) is 6.01. The summed E-state index contributed by atoms with van der Waals surface area (Å²) >= 11 is 19.8. The number of nitrogens with one attached hydrogen (secondary N) is 2. The predicted molar refractivity (Wildman–Crippen MR) is 167 cm³/mol. The minimum atomic E-state index is -0.523. The Hall–Kier alpha value is -3.43.